The first kappa shape index (κ1) is 9.21. The third-order valence-electron chi connectivity index (χ3n) is 2.50. The Kier molecular flexibility index (Phi) is 2.49. The van der Waals surface area contributed by atoms with Gasteiger partial charge in [0.1, 0.15) is 0 Å². The average Bonchev–Trinajstić information content (AvgIpc) is 2.86. The van der Waals surface area contributed by atoms with Crippen LogP contribution >= 0.6 is 0 Å². The van der Waals surface area contributed by atoms with Gasteiger partial charge in [-0.15, -0.1) is 0 Å². The molecule has 5 nitrogen and oxygen atoms in total. The summed E-state index contributed by atoms with van der Waals surface area (Å²) in [5.41, 5.74) is 0.624. The maximum Gasteiger partial charge on any atom is 0.254 e. The van der Waals surface area contributed by atoms with Crippen molar-refractivity contribution in [1.29, 1.82) is 0 Å². The highest BCUT2D eigenvalue weighted by Gasteiger charge is 2.18. The van der Waals surface area contributed by atoms with Crippen molar-refractivity contribution in [3.8, 4) is 0 Å². The second-order valence-corrected chi connectivity index (χ2v) is 3.43. The van der Waals surface area contributed by atoms with Crippen LogP contribution in [0.4, 0.5) is 0 Å². The number of aromatic nitrogens is 2. The van der Waals surface area contributed by atoms with Crippen LogP contribution in [0.1, 0.15) is 22.8 Å². The van der Waals surface area contributed by atoms with Crippen LogP contribution in [0, 0.1) is 0 Å². The normalized spacial score (nSPS) is 21.1. The monoisotopic (exact) mass is 194 g/mol. The van der Waals surface area contributed by atoms with Gasteiger partial charge in [0.2, 0.25) is 0 Å². The molecule has 1 saturated heterocycles. The van der Waals surface area contributed by atoms with E-state index in [9.17, 15) is 4.79 Å². The topological polar surface area (TPSA) is 59.0 Å². The average molecular weight is 194 g/mol. The number of hydrogen-bond acceptors (Lipinski definition) is 3. The zero-order valence-electron chi connectivity index (χ0n) is 8.16. The minimum atomic E-state index is -0.0813. The molecule has 0 saturated carbocycles. The van der Waals surface area contributed by atoms with Gasteiger partial charge in [0.25, 0.3) is 5.91 Å². The number of carbonyl (C=O) groups is 1. The maximum absolute atomic E-state index is 11.3. The molecular formula is C9H14N4O. The van der Waals surface area contributed by atoms with E-state index in [1.165, 1.54) is 0 Å². The van der Waals surface area contributed by atoms with Gasteiger partial charge in [-0.3, -0.25) is 9.48 Å². The molecule has 1 aliphatic heterocycles. The molecule has 1 aromatic heterocycles. The summed E-state index contributed by atoms with van der Waals surface area (Å²) in [6.07, 6.45) is 4.49. The third kappa shape index (κ3) is 1.63. The lowest BCUT2D eigenvalue weighted by molar-refractivity contribution is 0.0963. The Morgan fingerprint density at radius 2 is 2.64 bits per heavy atom. The van der Waals surface area contributed by atoms with Gasteiger partial charge in [0.15, 0.2) is 0 Å². The van der Waals surface area contributed by atoms with E-state index in [0.717, 1.165) is 19.5 Å². The summed E-state index contributed by atoms with van der Waals surface area (Å²) in [7, 11) is 1.62. The number of nitrogens with one attached hydrogen (secondary N) is 2. The van der Waals surface area contributed by atoms with Gasteiger partial charge in [0, 0.05) is 19.8 Å². The molecule has 0 bridgehead atoms. The molecule has 76 valence electrons. The molecule has 0 spiro atoms. The highest BCUT2D eigenvalue weighted by molar-refractivity contribution is 5.93. The molecule has 1 aliphatic rings. The zero-order chi connectivity index (χ0) is 9.97. The van der Waals surface area contributed by atoms with Gasteiger partial charge in [-0.1, -0.05) is 0 Å². The van der Waals surface area contributed by atoms with E-state index in [0.29, 0.717) is 11.6 Å². The Balaban J connectivity index is 2.12. The fourth-order valence-electron chi connectivity index (χ4n) is 1.66. The van der Waals surface area contributed by atoms with Crippen LogP contribution in [0.15, 0.2) is 12.4 Å². The fraction of sp³-hybridized carbons (Fsp3) is 0.556. The number of rotatable bonds is 2. The molecule has 1 atom stereocenters. The van der Waals surface area contributed by atoms with E-state index in [4.69, 9.17) is 0 Å². The number of nitrogens with zero attached hydrogens (tertiary/aromatic N) is 2. The smallest absolute Gasteiger partial charge is 0.254 e. The van der Waals surface area contributed by atoms with Gasteiger partial charge in [-0.2, -0.15) is 5.10 Å². The molecule has 1 aromatic rings. The van der Waals surface area contributed by atoms with Crippen molar-refractivity contribution in [2.24, 2.45) is 0 Å². The summed E-state index contributed by atoms with van der Waals surface area (Å²) in [4.78, 5) is 11.3. The van der Waals surface area contributed by atoms with Crippen molar-refractivity contribution in [3.63, 3.8) is 0 Å². The van der Waals surface area contributed by atoms with Crippen molar-refractivity contribution in [2.45, 2.75) is 12.5 Å². The first-order chi connectivity index (χ1) is 6.81. The first-order valence-electron chi connectivity index (χ1n) is 4.78. The van der Waals surface area contributed by atoms with E-state index < -0.39 is 0 Å². The molecule has 5 heteroatoms. The van der Waals surface area contributed by atoms with Crippen LogP contribution in [-0.2, 0) is 0 Å². The van der Waals surface area contributed by atoms with Crippen LogP contribution in [-0.4, -0.2) is 35.8 Å². The molecule has 0 aromatic carbocycles. The highest BCUT2D eigenvalue weighted by Crippen LogP contribution is 2.14. The van der Waals surface area contributed by atoms with Crippen molar-refractivity contribution >= 4 is 5.91 Å². The largest absolute Gasteiger partial charge is 0.355 e. The molecule has 0 radical (unpaired) electrons. The Morgan fingerprint density at radius 3 is 3.29 bits per heavy atom. The lowest BCUT2D eigenvalue weighted by atomic mass is 10.2. The quantitative estimate of drug-likeness (QED) is 0.684. The predicted octanol–water partition coefficient (Wildman–Crippen LogP) is -0.223. The summed E-state index contributed by atoms with van der Waals surface area (Å²) in [6, 6.07) is 0.397. The van der Waals surface area contributed by atoms with Crippen molar-refractivity contribution in [1.82, 2.24) is 20.4 Å². The van der Waals surface area contributed by atoms with Crippen molar-refractivity contribution < 1.29 is 4.79 Å². The molecule has 2 N–H and O–H groups in total. The van der Waals surface area contributed by atoms with Gasteiger partial charge < -0.3 is 10.6 Å². The van der Waals surface area contributed by atoms with Crippen LogP contribution in [0.2, 0.25) is 0 Å². The Morgan fingerprint density at radius 1 is 1.79 bits per heavy atom. The zero-order valence-corrected chi connectivity index (χ0v) is 8.16. The highest BCUT2D eigenvalue weighted by atomic mass is 16.1. The summed E-state index contributed by atoms with van der Waals surface area (Å²) in [5.74, 6) is -0.0813. The van der Waals surface area contributed by atoms with Gasteiger partial charge in [-0.05, 0) is 13.0 Å². The molecule has 0 aliphatic carbocycles. The number of hydrogen-bond donors (Lipinski definition) is 2. The molecule has 2 heterocycles. The van der Waals surface area contributed by atoms with Crippen LogP contribution in [0.5, 0.6) is 0 Å². The van der Waals surface area contributed by atoms with Crippen molar-refractivity contribution in [2.75, 3.05) is 20.1 Å². The van der Waals surface area contributed by atoms with Gasteiger partial charge >= 0.3 is 0 Å². The number of amides is 1. The Hall–Kier alpha value is -1.36. The molecule has 2 rings (SSSR count). The van der Waals surface area contributed by atoms with Crippen LogP contribution in [0.3, 0.4) is 0 Å². The maximum atomic E-state index is 11.3. The molecule has 1 amide bonds. The SMILES string of the molecule is CNC(=O)c1cnn([C@H]2CCNC2)c1. The summed E-state index contributed by atoms with van der Waals surface area (Å²) in [6.45, 7) is 1.97. The lowest BCUT2D eigenvalue weighted by Crippen LogP contribution is -2.17. The molecule has 0 unspecified atom stereocenters. The standard InChI is InChI=1S/C9H14N4O/c1-10-9(14)7-4-12-13(6-7)8-2-3-11-5-8/h4,6,8,11H,2-3,5H2,1H3,(H,10,14)/t8-/m0/s1. The molecule has 14 heavy (non-hydrogen) atoms. The predicted molar refractivity (Wildman–Crippen MR) is 52.1 cm³/mol. The van der Waals surface area contributed by atoms with E-state index >= 15 is 0 Å². The second kappa shape index (κ2) is 3.79. The summed E-state index contributed by atoms with van der Waals surface area (Å²) >= 11 is 0. The fourth-order valence-corrected chi connectivity index (χ4v) is 1.66. The second-order valence-electron chi connectivity index (χ2n) is 3.43. The van der Waals surface area contributed by atoms with Crippen molar-refractivity contribution in [3.05, 3.63) is 18.0 Å². The number of carbonyl (C=O) groups excluding carboxylic acids is 1. The summed E-state index contributed by atoms with van der Waals surface area (Å²) < 4.78 is 1.87. The molecular weight excluding hydrogens is 180 g/mol. The third-order valence-corrected chi connectivity index (χ3v) is 2.50. The minimum absolute atomic E-state index is 0.0813. The van der Waals surface area contributed by atoms with Gasteiger partial charge in [-0.25, -0.2) is 0 Å². The Bertz CT molecular complexity index is 327. The van der Waals surface area contributed by atoms with E-state index in [1.807, 2.05) is 4.68 Å². The van der Waals surface area contributed by atoms with E-state index in [-0.39, 0.29) is 5.91 Å². The van der Waals surface area contributed by atoms with Gasteiger partial charge in [0.05, 0.1) is 17.8 Å². The summed E-state index contributed by atoms with van der Waals surface area (Å²) in [5, 5.41) is 10.0. The van der Waals surface area contributed by atoms with Crippen LogP contribution in [0.25, 0.3) is 0 Å². The lowest BCUT2D eigenvalue weighted by Gasteiger charge is -2.07. The van der Waals surface area contributed by atoms with Crippen LogP contribution < -0.4 is 10.6 Å². The Labute approximate surface area is 82.5 Å². The van der Waals surface area contributed by atoms with E-state index in [2.05, 4.69) is 15.7 Å². The minimum Gasteiger partial charge on any atom is -0.355 e. The van der Waals surface area contributed by atoms with E-state index in [1.54, 1.807) is 19.4 Å². The molecule has 1 fully saturated rings. The first-order valence-corrected chi connectivity index (χ1v) is 4.78.